The summed E-state index contributed by atoms with van der Waals surface area (Å²) in [6.45, 7) is 0. The Balaban J connectivity index is 2.48. The van der Waals surface area contributed by atoms with E-state index < -0.39 is 11.9 Å². The number of hydrogen-bond donors (Lipinski definition) is 1. The van der Waals surface area contributed by atoms with Crippen LogP contribution in [0.15, 0.2) is 23.6 Å². The lowest BCUT2D eigenvalue weighted by molar-refractivity contribution is 0.351. The van der Waals surface area contributed by atoms with E-state index >= 15 is 0 Å². The molecule has 2 aromatic rings. The number of nitrogens with two attached hydrogens (primary N) is 1. The summed E-state index contributed by atoms with van der Waals surface area (Å²) in [7, 11) is 2.94. The lowest BCUT2D eigenvalue weighted by Crippen LogP contribution is -2.13. The van der Waals surface area contributed by atoms with Gasteiger partial charge in [0.1, 0.15) is 5.82 Å². The quantitative estimate of drug-likeness (QED) is 0.938. The van der Waals surface area contributed by atoms with Gasteiger partial charge in [0.05, 0.1) is 25.3 Å². The summed E-state index contributed by atoms with van der Waals surface area (Å²) in [6.07, 6.45) is 0. The predicted octanol–water partition coefficient (Wildman–Crippen LogP) is 3.61. The van der Waals surface area contributed by atoms with E-state index in [4.69, 9.17) is 26.8 Å². The number of halogens is 2. The molecular weight excluding hydrogens is 289 g/mol. The Morgan fingerprint density at radius 3 is 2.42 bits per heavy atom. The van der Waals surface area contributed by atoms with Crippen molar-refractivity contribution in [3.8, 4) is 11.5 Å². The van der Waals surface area contributed by atoms with E-state index in [0.717, 1.165) is 0 Å². The molecule has 0 saturated heterocycles. The average molecular weight is 302 g/mol. The number of rotatable bonds is 4. The largest absolute Gasteiger partial charge is 0.493 e. The number of hydrogen-bond acceptors (Lipinski definition) is 4. The summed E-state index contributed by atoms with van der Waals surface area (Å²) in [5.74, 6) is 0.310. The molecule has 0 spiro atoms. The van der Waals surface area contributed by atoms with Crippen molar-refractivity contribution >= 4 is 22.9 Å². The van der Waals surface area contributed by atoms with Gasteiger partial charge in [0, 0.05) is 16.5 Å². The minimum absolute atomic E-state index is 0.321. The highest BCUT2D eigenvalue weighted by Gasteiger charge is 2.20. The van der Waals surface area contributed by atoms with Crippen molar-refractivity contribution in [2.24, 2.45) is 5.73 Å². The highest BCUT2D eigenvalue weighted by Crippen LogP contribution is 2.37. The molecule has 0 amide bonds. The van der Waals surface area contributed by atoms with Crippen LogP contribution in [0, 0.1) is 5.82 Å². The van der Waals surface area contributed by atoms with Crippen LogP contribution in [0.4, 0.5) is 4.39 Å². The summed E-state index contributed by atoms with van der Waals surface area (Å²) >= 11 is 7.41. The second-order valence-corrected chi connectivity index (χ2v) is 5.19. The highest BCUT2D eigenvalue weighted by atomic mass is 35.5. The van der Waals surface area contributed by atoms with E-state index in [9.17, 15) is 4.39 Å². The fourth-order valence-electron chi connectivity index (χ4n) is 1.78. The smallest absolute Gasteiger partial charge is 0.163 e. The predicted molar refractivity (Wildman–Crippen MR) is 74.9 cm³/mol. The molecule has 0 aliphatic heterocycles. The van der Waals surface area contributed by atoms with Gasteiger partial charge >= 0.3 is 0 Å². The Labute approximate surface area is 119 Å². The second-order valence-electron chi connectivity index (χ2n) is 3.84. The molecule has 1 heterocycles. The number of thiophene rings is 1. The summed E-state index contributed by atoms with van der Waals surface area (Å²) < 4.78 is 24.3. The Hall–Kier alpha value is -1.30. The van der Waals surface area contributed by atoms with Crippen LogP contribution < -0.4 is 15.2 Å². The SMILES string of the molecule is COc1cc(F)c(C(N)c2sccc2Cl)cc1OC. The fourth-order valence-corrected chi connectivity index (χ4v) is 2.97. The van der Waals surface area contributed by atoms with Crippen LogP contribution in [0.2, 0.25) is 5.02 Å². The first kappa shape index (κ1) is 14.1. The van der Waals surface area contributed by atoms with Gasteiger partial charge in [-0.2, -0.15) is 0 Å². The maximum atomic E-state index is 14.1. The fraction of sp³-hybridized carbons (Fsp3) is 0.231. The Bertz CT molecular complexity index is 588. The van der Waals surface area contributed by atoms with E-state index in [2.05, 4.69) is 0 Å². The first-order chi connectivity index (χ1) is 9.08. The van der Waals surface area contributed by atoms with Crippen LogP contribution in [-0.2, 0) is 0 Å². The molecule has 19 heavy (non-hydrogen) atoms. The van der Waals surface area contributed by atoms with Gasteiger partial charge in [-0.05, 0) is 17.5 Å². The zero-order chi connectivity index (χ0) is 14.0. The third kappa shape index (κ3) is 2.68. The molecule has 1 aromatic heterocycles. The molecule has 1 unspecified atom stereocenters. The third-order valence-electron chi connectivity index (χ3n) is 2.77. The number of benzene rings is 1. The second kappa shape index (κ2) is 5.77. The first-order valence-corrected chi connectivity index (χ1v) is 6.74. The molecular formula is C13H13ClFNO2S. The molecule has 1 aromatic carbocycles. The van der Waals surface area contributed by atoms with Gasteiger partial charge in [-0.3, -0.25) is 0 Å². The van der Waals surface area contributed by atoms with Gasteiger partial charge < -0.3 is 15.2 Å². The topological polar surface area (TPSA) is 44.5 Å². The highest BCUT2D eigenvalue weighted by molar-refractivity contribution is 7.10. The third-order valence-corrected chi connectivity index (χ3v) is 4.21. The first-order valence-electron chi connectivity index (χ1n) is 5.48. The molecule has 0 saturated carbocycles. The van der Waals surface area contributed by atoms with Crippen molar-refractivity contribution in [1.82, 2.24) is 0 Å². The normalized spacial score (nSPS) is 12.3. The Morgan fingerprint density at radius 2 is 1.89 bits per heavy atom. The van der Waals surface area contributed by atoms with E-state index in [1.165, 1.54) is 37.7 Å². The van der Waals surface area contributed by atoms with Gasteiger partial charge in [-0.25, -0.2) is 4.39 Å². The molecule has 0 aliphatic carbocycles. The Kier molecular flexibility index (Phi) is 4.29. The zero-order valence-corrected chi connectivity index (χ0v) is 12.0. The molecule has 0 aliphatic rings. The van der Waals surface area contributed by atoms with Crippen LogP contribution in [0.1, 0.15) is 16.5 Å². The average Bonchev–Trinajstić information content (AvgIpc) is 2.83. The maximum absolute atomic E-state index is 14.1. The monoisotopic (exact) mass is 301 g/mol. The lowest BCUT2D eigenvalue weighted by atomic mass is 10.0. The van der Waals surface area contributed by atoms with Crippen molar-refractivity contribution in [2.45, 2.75) is 6.04 Å². The van der Waals surface area contributed by atoms with Crippen molar-refractivity contribution in [3.05, 3.63) is 44.9 Å². The molecule has 0 radical (unpaired) electrons. The summed E-state index contributed by atoms with van der Waals surface area (Å²) in [5, 5.41) is 2.35. The van der Waals surface area contributed by atoms with Crippen LogP contribution in [0.3, 0.4) is 0 Å². The lowest BCUT2D eigenvalue weighted by Gasteiger charge is -2.15. The molecule has 3 nitrogen and oxygen atoms in total. The molecule has 2 N–H and O–H groups in total. The Morgan fingerprint density at radius 1 is 1.26 bits per heavy atom. The van der Waals surface area contributed by atoms with Crippen molar-refractivity contribution in [3.63, 3.8) is 0 Å². The molecule has 0 bridgehead atoms. The molecule has 2 rings (SSSR count). The summed E-state index contributed by atoms with van der Waals surface area (Å²) in [5.41, 5.74) is 6.39. The molecule has 102 valence electrons. The van der Waals surface area contributed by atoms with Crippen molar-refractivity contribution in [1.29, 1.82) is 0 Å². The molecule has 0 fully saturated rings. The van der Waals surface area contributed by atoms with Gasteiger partial charge in [0.15, 0.2) is 11.5 Å². The standard InChI is InChI=1S/C13H13ClFNO2S/c1-17-10-5-7(9(15)6-11(10)18-2)12(16)13-8(14)3-4-19-13/h3-6,12H,16H2,1-2H3. The van der Waals surface area contributed by atoms with Gasteiger partial charge in [0.2, 0.25) is 0 Å². The minimum atomic E-state index is -0.632. The van der Waals surface area contributed by atoms with Gasteiger partial charge in [-0.1, -0.05) is 11.6 Å². The maximum Gasteiger partial charge on any atom is 0.163 e. The van der Waals surface area contributed by atoms with Crippen molar-refractivity contribution < 1.29 is 13.9 Å². The van der Waals surface area contributed by atoms with Crippen molar-refractivity contribution in [2.75, 3.05) is 14.2 Å². The summed E-state index contributed by atoms with van der Waals surface area (Å²) in [6, 6.07) is 3.90. The minimum Gasteiger partial charge on any atom is -0.493 e. The zero-order valence-electron chi connectivity index (χ0n) is 10.4. The van der Waals surface area contributed by atoms with Crippen LogP contribution in [0.5, 0.6) is 11.5 Å². The number of ether oxygens (including phenoxy) is 2. The van der Waals surface area contributed by atoms with E-state index in [-0.39, 0.29) is 0 Å². The number of methoxy groups -OCH3 is 2. The molecule has 1 atom stereocenters. The van der Waals surface area contributed by atoms with Gasteiger partial charge in [0.25, 0.3) is 0 Å². The van der Waals surface area contributed by atoms with Gasteiger partial charge in [-0.15, -0.1) is 11.3 Å². The van der Waals surface area contributed by atoms with E-state index in [1.54, 1.807) is 6.07 Å². The van der Waals surface area contributed by atoms with Crippen LogP contribution in [0.25, 0.3) is 0 Å². The van der Waals surface area contributed by atoms with Crippen LogP contribution >= 0.6 is 22.9 Å². The molecule has 6 heteroatoms. The van der Waals surface area contributed by atoms with E-state index in [1.807, 2.05) is 5.38 Å². The van der Waals surface area contributed by atoms with E-state index in [0.29, 0.717) is 27.0 Å². The summed E-state index contributed by atoms with van der Waals surface area (Å²) in [4.78, 5) is 0.716. The van der Waals surface area contributed by atoms with Crippen LogP contribution in [-0.4, -0.2) is 14.2 Å².